The number of hydrogen-bond donors (Lipinski definition) is 2. The van der Waals surface area contributed by atoms with Gasteiger partial charge in [0.25, 0.3) is 5.91 Å². The molecule has 7 atom stereocenters. The van der Waals surface area contributed by atoms with E-state index in [4.69, 9.17) is 28.4 Å². The Hall–Kier alpha value is -5.59. The fourth-order valence-electron chi connectivity index (χ4n) is 6.01. The zero-order chi connectivity index (χ0) is 38.8. The summed E-state index contributed by atoms with van der Waals surface area (Å²) in [6, 6.07) is 5.42. The SMILES string of the molecule is CC(=O)OC[C@H]1O[C@@H](N2C(=O)[C@H](CC(C)C)n3cc(nn3)COC(=O)NCCNC(=O)C2c2ccccc2)[C@H](OC(C)=O)[C@@H](OC(C)=O)[C@@H]1OC(C)=O. The largest absolute Gasteiger partial charge is 0.463 e. The van der Waals surface area contributed by atoms with E-state index in [1.165, 1.54) is 10.9 Å². The topological polar surface area (TPSA) is 233 Å². The molecule has 19 heteroatoms. The predicted octanol–water partition coefficient (Wildman–Crippen LogP) is 0.874. The van der Waals surface area contributed by atoms with Crippen LogP contribution in [0.5, 0.6) is 0 Å². The quantitative estimate of drug-likeness (QED) is 0.268. The van der Waals surface area contributed by atoms with Gasteiger partial charge >= 0.3 is 30.0 Å². The minimum absolute atomic E-state index is 0.0677. The summed E-state index contributed by atoms with van der Waals surface area (Å²) in [7, 11) is 0. The van der Waals surface area contributed by atoms with E-state index in [2.05, 4.69) is 20.9 Å². The molecule has 1 saturated heterocycles. The molecular weight excluding hydrogens is 700 g/mol. The first-order valence-corrected chi connectivity index (χ1v) is 16.9. The van der Waals surface area contributed by atoms with Crippen LogP contribution >= 0.6 is 0 Å². The Labute approximate surface area is 304 Å². The van der Waals surface area contributed by atoms with Gasteiger partial charge in [0.2, 0.25) is 5.91 Å². The lowest BCUT2D eigenvalue weighted by Gasteiger charge is -2.49. The minimum atomic E-state index is -1.77. The van der Waals surface area contributed by atoms with Gasteiger partial charge in [-0.25, -0.2) is 9.48 Å². The van der Waals surface area contributed by atoms with Gasteiger partial charge in [-0.1, -0.05) is 49.4 Å². The molecule has 0 spiro atoms. The molecule has 3 amide bonds. The molecule has 19 nitrogen and oxygen atoms in total. The normalized spacial score (nSPS) is 25.5. The molecule has 1 fully saturated rings. The number of hydrogen-bond acceptors (Lipinski definition) is 15. The average molecular weight is 745 g/mol. The predicted molar refractivity (Wildman–Crippen MR) is 178 cm³/mol. The molecule has 3 heterocycles. The lowest BCUT2D eigenvalue weighted by atomic mass is 9.93. The van der Waals surface area contributed by atoms with Gasteiger partial charge < -0.3 is 39.1 Å². The standard InChI is InChI=1S/C34H44N6O13/c1-18(2)14-25-32(46)40(33-30(52-22(6)44)29(51-21(5)43)28(50-20(4)42)26(53-33)17-48-19(3)41)27(23-10-8-7-9-11-23)31(45)35-12-13-36-34(47)49-16-24-15-39(25)38-37-24/h7-11,15,18,25-30,33H,12-14,16-17H2,1-6H3,(H,35,45)(H,36,47)/t25-,26+,27?,28+,29-,30+,33+/m0/s1. The van der Waals surface area contributed by atoms with Crippen molar-refractivity contribution in [2.75, 3.05) is 19.7 Å². The van der Waals surface area contributed by atoms with Crippen molar-refractivity contribution >= 4 is 41.8 Å². The highest BCUT2D eigenvalue weighted by Gasteiger charge is 2.57. The highest BCUT2D eigenvalue weighted by Crippen LogP contribution is 2.37. The van der Waals surface area contributed by atoms with Gasteiger partial charge in [0.05, 0.1) is 6.20 Å². The molecule has 1 unspecified atom stereocenters. The highest BCUT2D eigenvalue weighted by atomic mass is 16.7. The van der Waals surface area contributed by atoms with Crippen LogP contribution in [0.3, 0.4) is 0 Å². The van der Waals surface area contributed by atoms with Gasteiger partial charge in [-0.2, -0.15) is 0 Å². The molecule has 0 aliphatic carbocycles. The number of carbonyl (C=O) groups excluding carboxylic acids is 7. The van der Waals surface area contributed by atoms with Crippen LogP contribution in [0.4, 0.5) is 4.79 Å². The molecule has 288 valence electrons. The van der Waals surface area contributed by atoms with E-state index < -0.39 is 91.1 Å². The van der Waals surface area contributed by atoms with Crippen LogP contribution in [0.15, 0.2) is 36.5 Å². The maximum Gasteiger partial charge on any atom is 0.407 e. The number of amides is 3. The fraction of sp³-hybridized carbons (Fsp3) is 0.559. The van der Waals surface area contributed by atoms with Crippen molar-refractivity contribution in [1.29, 1.82) is 0 Å². The summed E-state index contributed by atoms with van der Waals surface area (Å²) in [5.41, 5.74) is 0.495. The number of carbonyl (C=O) groups is 7. The summed E-state index contributed by atoms with van der Waals surface area (Å²) in [4.78, 5) is 93.0. The van der Waals surface area contributed by atoms with Gasteiger partial charge in [-0.15, -0.1) is 5.10 Å². The Morgan fingerprint density at radius 3 is 2.11 bits per heavy atom. The Morgan fingerprint density at radius 1 is 0.868 bits per heavy atom. The second-order valence-corrected chi connectivity index (χ2v) is 12.8. The van der Waals surface area contributed by atoms with Crippen LogP contribution in [0.1, 0.15) is 71.3 Å². The Bertz CT molecular complexity index is 1650. The van der Waals surface area contributed by atoms with Crippen LogP contribution in [0.25, 0.3) is 0 Å². The monoisotopic (exact) mass is 744 g/mol. The second kappa shape index (κ2) is 18.3. The van der Waals surface area contributed by atoms with E-state index in [1.807, 2.05) is 13.8 Å². The van der Waals surface area contributed by atoms with Gasteiger partial charge in [0, 0.05) is 40.8 Å². The molecule has 2 aromatic rings. The Kier molecular flexibility index (Phi) is 13.8. The summed E-state index contributed by atoms with van der Waals surface area (Å²) in [6.07, 6.45) is -7.31. The van der Waals surface area contributed by atoms with Gasteiger partial charge in [-0.3, -0.25) is 33.7 Å². The van der Waals surface area contributed by atoms with E-state index in [0.717, 1.165) is 32.6 Å². The highest BCUT2D eigenvalue weighted by molar-refractivity contribution is 5.90. The first kappa shape index (κ1) is 40.2. The third-order valence-corrected chi connectivity index (χ3v) is 8.04. The molecule has 2 bridgehead atoms. The molecule has 2 aliphatic heterocycles. The van der Waals surface area contributed by atoms with Crippen LogP contribution in [-0.4, -0.2) is 112 Å². The zero-order valence-electron chi connectivity index (χ0n) is 30.2. The third-order valence-electron chi connectivity index (χ3n) is 8.04. The minimum Gasteiger partial charge on any atom is -0.463 e. The number of nitrogens with one attached hydrogen (secondary N) is 2. The van der Waals surface area contributed by atoms with E-state index in [0.29, 0.717) is 0 Å². The number of aromatic nitrogens is 3. The third kappa shape index (κ3) is 10.7. The zero-order valence-corrected chi connectivity index (χ0v) is 30.2. The molecule has 53 heavy (non-hydrogen) atoms. The molecule has 0 radical (unpaired) electrons. The van der Waals surface area contributed by atoms with Crippen molar-refractivity contribution in [3.63, 3.8) is 0 Å². The summed E-state index contributed by atoms with van der Waals surface area (Å²) in [5.74, 6) is -5.03. The Morgan fingerprint density at radius 2 is 1.49 bits per heavy atom. The van der Waals surface area contributed by atoms with Crippen molar-refractivity contribution in [2.45, 2.75) is 97.3 Å². The van der Waals surface area contributed by atoms with Gasteiger partial charge in [-0.05, 0) is 17.9 Å². The van der Waals surface area contributed by atoms with Crippen molar-refractivity contribution in [3.05, 3.63) is 47.8 Å². The van der Waals surface area contributed by atoms with Crippen LogP contribution in [-0.2, 0) is 63.8 Å². The number of alkyl carbamates (subject to hydrolysis) is 1. The van der Waals surface area contributed by atoms with Crippen LogP contribution in [0.2, 0.25) is 0 Å². The lowest BCUT2D eigenvalue weighted by molar-refractivity contribution is -0.279. The number of fused-ring (bicyclic) bond motifs is 2. The molecule has 1 aromatic heterocycles. The van der Waals surface area contributed by atoms with Crippen molar-refractivity contribution in [3.8, 4) is 0 Å². The second-order valence-electron chi connectivity index (χ2n) is 12.8. The molecule has 0 saturated carbocycles. The molecular formula is C34H44N6O13. The van der Waals surface area contributed by atoms with E-state index >= 15 is 4.79 Å². The molecule has 1 aromatic carbocycles. The Balaban J connectivity index is 2.02. The van der Waals surface area contributed by atoms with Crippen molar-refractivity contribution in [1.82, 2.24) is 30.5 Å². The molecule has 2 N–H and O–H groups in total. The summed E-state index contributed by atoms with van der Waals surface area (Å²) < 4.78 is 35.1. The lowest BCUT2D eigenvalue weighted by Crippen LogP contribution is -2.68. The number of benzene rings is 1. The summed E-state index contributed by atoms with van der Waals surface area (Å²) in [6.45, 7) is 7.03. The average Bonchev–Trinajstić information content (AvgIpc) is 3.56. The number of cyclic esters (lactones) is 1. The summed E-state index contributed by atoms with van der Waals surface area (Å²) >= 11 is 0. The maximum atomic E-state index is 15.4. The van der Waals surface area contributed by atoms with E-state index in [1.54, 1.807) is 30.3 Å². The van der Waals surface area contributed by atoms with Crippen molar-refractivity contribution in [2.24, 2.45) is 5.92 Å². The van der Waals surface area contributed by atoms with Gasteiger partial charge in [0.1, 0.15) is 37.1 Å². The summed E-state index contributed by atoms with van der Waals surface area (Å²) in [5, 5.41) is 13.5. The van der Waals surface area contributed by atoms with Gasteiger partial charge in [0.15, 0.2) is 24.5 Å². The smallest absolute Gasteiger partial charge is 0.407 e. The van der Waals surface area contributed by atoms with E-state index in [9.17, 15) is 28.8 Å². The number of rotatable bonds is 9. The van der Waals surface area contributed by atoms with Crippen molar-refractivity contribution < 1.29 is 62.0 Å². The van der Waals surface area contributed by atoms with Crippen LogP contribution < -0.4 is 10.6 Å². The van der Waals surface area contributed by atoms with Crippen LogP contribution in [0, 0.1) is 5.92 Å². The molecule has 2 aliphatic rings. The van der Waals surface area contributed by atoms with E-state index in [-0.39, 0.29) is 43.3 Å². The first-order chi connectivity index (χ1) is 25.2. The number of esters is 4. The fourth-order valence-corrected chi connectivity index (χ4v) is 6.01. The maximum absolute atomic E-state index is 15.4. The first-order valence-electron chi connectivity index (χ1n) is 16.9. The number of nitrogens with zero attached hydrogens (tertiary/aromatic N) is 4. The molecule has 4 rings (SSSR count). The number of ether oxygens (including phenoxy) is 6.